The van der Waals surface area contributed by atoms with Crippen LogP contribution in [0.25, 0.3) is 0 Å². The molecule has 16 heavy (non-hydrogen) atoms. The lowest BCUT2D eigenvalue weighted by Gasteiger charge is -2.27. The zero-order chi connectivity index (χ0) is 11.6. The highest BCUT2D eigenvalue weighted by Crippen LogP contribution is 2.26. The molecule has 0 bridgehead atoms. The largest absolute Gasteiger partial charge is 0.347 e. The lowest BCUT2D eigenvalue weighted by molar-refractivity contribution is -0.139. The molecule has 5 nitrogen and oxygen atoms in total. The van der Waals surface area contributed by atoms with E-state index < -0.39 is 0 Å². The molecule has 88 valence electrons. The van der Waals surface area contributed by atoms with Crippen molar-refractivity contribution >= 4 is 5.91 Å². The topological polar surface area (TPSA) is 61.0 Å². The second kappa shape index (κ2) is 4.25. The molecule has 0 saturated carbocycles. The second-order valence-corrected chi connectivity index (χ2v) is 4.68. The van der Waals surface area contributed by atoms with Crippen molar-refractivity contribution in [3.8, 4) is 0 Å². The van der Waals surface area contributed by atoms with Crippen LogP contribution in [0.15, 0.2) is 12.4 Å². The van der Waals surface area contributed by atoms with Crippen molar-refractivity contribution in [3.63, 3.8) is 0 Å². The highest BCUT2D eigenvalue weighted by Gasteiger charge is 2.38. The van der Waals surface area contributed by atoms with Gasteiger partial charge in [0.05, 0.1) is 12.0 Å². The number of H-pyrrole nitrogens is 1. The molecule has 0 aromatic carbocycles. The molecule has 1 atom stereocenters. The number of hydrogen-bond acceptors (Lipinski definition) is 3. The molecule has 1 aliphatic rings. The summed E-state index contributed by atoms with van der Waals surface area (Å²) in [7, 11) is 1.83. The van der Waals surface area contributed by atoms with Crippen LogP contribution in [0, 0.1) is 5.41 Å². The predicted octanol–water partition coefficient (Wildman–Crippen LogP) is 0.368. The summed E-state index contributed by atoms with van der Waals surface area (Å²) in [5, 5.41) is 3.24. The van der Waals surface area contributed by atoms with Gasteiger partial charge in [0, 0.05) is 26.0 Å². The molecule has 5 heteroatoms. The van der Waals surface area contributed by atoms with Gasteiger partial charge in [-0.3, -0.25) is 4.79 Å². The number of aromatic amines is 1. The van der Waals surface area contributed by atoms with Crippen molar-refractivity contribution in [2.45, 2.75) is 19.9 Å². The number of carbonyl (C=O) groups excluding carboxylic acids is 1. The minimum atomic E-state index is -0.249. The van der Waals surface area contributed by atoms with Crippen LogP contribution in [0.4, 0.5) is 0 Å². The van der Waals surface area contributed by atoms with Gasteiger partial charge in [-0.1, -0.05) is 0 Å². The summed E-state index contributed by atoms with van der Waals surface area (Å²) in [6, 6.07) is 0. The number of amides is 1. The van der Waals surface area contributed by atoms with Crippen molar-refractivity contribution in [2.24, 2.45) is 5.41 Å². The van der Waals surface area contributed by atoms with E-state index in [2.05, 4.69) is 15.3 Å². The zero-order valence-corrected chi connectivity index (χ0v) is 9.79. The molecule has 1 unspecified atom stereocenters. The summed E-state index contributed by atoms with van der Waals surface area (Å²) in [5.74, 6) is 1.01. The summed E-state index contributed by atoms with van der Waals surface area (Å²) in [4.78, 5) is 21.1. The molecule has 2 heterocycles. The summed E-state index contributed by atoms with van der Waals surface area (Å²) in [5.41, 5.74) is -0.249. The molecule has 2 N–H and O–H groups in total. The first kappa shape index (κ1) is 11.1. The van der Waals surface area contributed by atoms with Gasteiger partial charge in [-0.2, -0.15) is 0 Å². The standard InChI is InChI=1S/C11H18N4O/c1-11(3-4-12-8-11)10(16)15(2)7-9-13-5-6-14-9/h5-6,12H,3-4,7-8H2,1-2H3,(H,13,14). The SMILES string of the molecule is CN(Cc1ncc[nH]1)C(=O)C1(C)CCNC1. The van der Waals surface area contributed by atoms with E-state index in [1.807, 2.05) is 14.0 Å². The number of rotatable bonds is 3. The van der Waals surface area contributed by atoms with Crippen LogP contribution in [-0.4, -0.2) is 40.9 Å². The van der Waals surface area contributed by atoms with Gasteiger partial charge < -0.3 is 15.2 Å². The van der Waals surface area contributed by atoms with E-state index in [0.29, 0.717) is 6.54 Å². The van der Waals surface area contributed by atoms with E-state index in [4.69, 9.17) is 0 Å². The van der Waals surface area contributed by atoms with Crippen LogP contribution >= 0.6 is 0 Å². The van der Waals surface area contributed by atoms with Crippen LogP contribution in [-0.2, 0) is 11.3 Å². The quantitative estimate of drug-likeness (QED) is 0.776. The van der Waals surface area contributed by atoms with Crippen molar-refractivity contribution in [1.82, 2.24) is 20.2 Å². The second-order valence-electron chi connectivity index (χ2n) is 4.68. The number of nitrogens with zero attached hydrogens (tertiary/aromatic N) is 2. The number of imidazole rings is 1. The van der Waals surface area contributed by atoms with Gasteiger partial charge in [0.15, 0.2) is 0 Å². The smallest absolute Gasteiger partial charge is 0.229 e. The van der Waals surface area contributed by atoms with Crippen LogP contribution < -0.4 is 5.32 Å². The first-order valence-electron chi connectivity index (χ1n) is 5.56. The van der Waals surface area contributed by atoms with Gasteiger partial charge in [-0.05, 0) is 19.9 Å². The van der Waals surface area contributed by atoms with E-state index in [-0.39, 0.29) is 11.3 Å². The van der Waals surface area contributed by atoms with Crippen LogP contribution in [0.3, 0.4) is 0 Å². The molecule has 1 amide bonds. The van der Waals surface area contributed by atoms with Gasteiger partial charge >= 0.3 is 0 Å². The highest BCUT2D eigenvalue weighted by molar-refractivity contribution is 5.82. The average molecular weight is 222 g/mol. The van der Waals surface area contributed by atoms with Crippen LogP contribution in [0.1, 0.15) is 19.2 Å². The van der Waals surface area contributed by atoms with E-state index in [0.717, 1.165) is 25.3 Å². The molecule has 1 aliphatic heterocycles. The zero-order valence-electron chi connectivity index (χ0n) is 9.79. The average Bonchev–Trinajstić information content (AvgIpc) is 2.89. The van der Waals surface area contributed by atoms with Crippen molar-refractivity contribution in [3.05, 3.63) is 18.2 Å². The number of hydrogen-bond donors (Lipinski definition) is 2. The Kier molecular flexibility index (Phi) is 2.96. The maximum Gasteiger partial charge on any atom is 0.229 e. The maximum atomic E-state index is 12.2. The number of nitrogens with one attached hydrogen (secondary N) is 2. The Hall–Kier alpha value is -1.36. The van der Waals surface area contributed by atoms with E-state index in [1.165, 1.54) is 0 Å². The maximum absolute atomic E-state index is 12.2. The van der Waals surface area contributed by atoms with Crippen LogP contribution in [0.2, 0.25) is 0 Å². The van der Waals surface area contributed by atoms with Crippen molar-refractivity contribution in [2.75, 3.05) is 20.1 Å². The minimum absolute atomic E-state index is 0.189. The molecule has 1 fully saturated rings. The fourth-order valence-corrected chi connectivity index (χ4v) is 2.14. The van der Waals surface area contributed by atoms with Gasteiger partial charge in [-0.15, -0.1) is 0 Å². The molecule has 1 aromatic rings. The predicted molar refractivity (Wildman–Crippen MR) is 60.7 cm³/mol. The molecule has 0 aliphatic carbocycles. The van der Waals surface area contributed by atoms with Gasteiger partial charge in [0.2, 0.25) is 5.91 Å². The molecular formula is C11H18N4O. The highest BCUT2D eigenvalue weighted by atomic mass is 16.2. The third-order valence-electron chi connectivity index (χ3n) is 3.17. The number of aromatic nitrogens is 2. The van der Waals surface area contributed by atoms with Crippen molar-refractivity contribution in [1.29, 1.82) is 0 Å². The molecule has 1 aromatic heterocycles. The van der Waals surface area contributed by atoms with E-state index in [9.17, 15) is 4.79 Å². The van der Waals surface area contributed by atoms with Gasteiger partial charge in [-0.25, -0.2) is 4.98 Å². The third kappa shape index (κ3) is 2.09. The van der Waals surface area contributed by atoms with Crippen molar-refractivity contribution < 1.29 is 4.79 Å². The molecular weight excluding hydrogens is 204 g/mol. The summed E-state index contributed by atoms with van der Waals surface area (Å²) in [6.07, 6.45) is 4.38. The summed E-state index contributed by atoms with van der Waals surface area (Å²) in [6.45, 7) is 4.26. The lowest BCUT2D eigenvalue weighted by atomic mass is 9.88. The number of carbonyl (C=O) groups is 1. The Morgan fingerprint density at radius 3 is 3.06 bits per heavy atom. The fourth-order valence-electron chi connectivity index (χ4n) is 2.14. The summed E-state index contributed by atoms with van der Waals surface area (Å²) >= 11 is 0. The Labute approximate surface area is 95.2 Å². The third-order valence-corrected chi connectivity index (χ3v) is 3.17. The first-order valence-corrected chi connectivity index (χ1v) is 5.56. The Balaban J connectivity index is 1.99. The fraction of sp³-hybridized carbons (Fsp3) is 0.636. The van der Waals surface area contributed by atoms with Gasteiger partial charge in [0.1, 0.15) is 5.82 Å². The molecule has 2 rings (SSSR count). The Morgan fingerprint density at radius 1 is 1.69 bits per heavy atom. The van der Waals surface area contributed by atoms with E-state index >= 15 is 0 Å². The Bertz CT molecular complexity index is 354. The monoisotopic (exact) mass is 222 g/mol. The molecule has 0 spiro atoms. The van der Waals surface area contributed by atoms with Crippen LogP contribution in [0.5, 0.6) is 0 Å². The van der Waals surface area contributed by atoms with Gasteiger partial charge in [0.25, 0.3) is 0 Å². The summed E-state index contributed by atoms with van der Waals surface area (Å²) < 4.78 is 0. The normalized spacial score (nSPS) is 24.6. The molecule has 0 radical (unpaired) electrons. The molecule has 1 saturated heterocycles. The Morgan fingerprint density at radius 2 is 2.50 bits per heavy atom. The lowest BCUT2D eigenvalue weighted by Crippen LogP contribution is -2.41. The van der Waals surface area contributed by atoms with E-state index in [1.54, 1.807) is 17.3 Å². The first-order chi connectivity index (χ1) is 7.62. The minimum Gasteiger partial charge on any atom is -0.347 e.